The molecule has 0 fully saturated rings. The molecule has 0 amide bonds. The highest BCUT2D eigenvalue weighted by Gasteiger charge is 2.34. The first kappa shape index (κ1) is 17.3. The zero-order chi connectivity index (χ0) is 19.3. The van der Waals surface area contributed by atoms with E-state index in [1.165, 1.54) is 0 Å². The van der Waals surface area contributed by atoms with Crippen LogP contribution in [-0.4, -0.2) is 21.3 Å². The van der Waals surface area contributed by atoms with Crippen LogP contribution in [0.25, 0.3) is 28.2 Å². The first-order valence-electron chi connectivity index (χ1n) is 8.76. The van der Waals surface area contributed by atoms with E-state index in [1.807, 2.05) is 39.0 Å². The summed E-state index contributed by atoms with van der Waals surface area (Å²) in [5, 5.41) is 18.7. The smallest absolute Gasteiger partial charge is 0.313 e. The topological polar surface area (TPSA) is 89.4 Å². The van der Waals surface area contributed by atoms with Crippen molar-refractivity contribution >= 4 is 22.5 Å². The van der Waals surface area contributed by atoms with E-state index in [9.17, 15) is 9.90 Å². The van der Waals surface area contributed by atoms with Crippen LogP contribution in [0.15, 0.2) is 44.8 Å². The number of aromatic nitrogens is 2. The Balaban J connectivity index is 1.70. The lowest BCUT2D eigenvalue weighted by Crippen LogP contribution is -2.26. The summed E-state index contributed by atoms with van der Waals surface area (Å²) >= 11 is 0. The quantitative estimate of drug-likeness (QED) is 0.709. The molecule has 1 unspecified atom stereocenters. The molecule has 3 aromatic rings. The van der Waals surface area contributed by atoms with E-state index >= 15 is 0 Å². The summed E-state index contributed by atoms with van der Waals surface area (Å²) < 4.78 is 11.8. The number of aryl methyl sites for hydroxylation is 2. The monoisotopic (exact) mass is 364 g/mol. The Morgan fingerprint density at radius 1 is 1.11 bits per heavy atom. The molecular formula is C21H20N2O4. The van der Waals surface area contributed by atoms with Crippen LogP contribution in [-0.2, 0) is 4.79 Å². The number of carboxylic acid groups (broad SMARTS) is 1. The van der Waals surface area contributed by atoms with Crippen molar-refractivity contribution in [2.24, 2.45) is 5.41 Å². The average Bonchev–Trinajstić information content (AvgIpc) is 3.25. The lowest BCUT2D eigenvalue weighted by atomic mass is 9.79. The molecule has 138 valence electrons. The molecular weight excluding hydrogens is 344 g/mol. The van der Waals surface area contributed by atoms with E-state index in [2.05, 4.69) is 16.3 Å². The van der Waals surface area contributed by atoms with Gasteiger partial charge in [0.2, 0.25) is 5.89 Å². The molecule has 1 N–H and O–H groups in total. The first-order valence-corrected chi connectivity index (χ1v) is 8.76. The predicted octanol–water partition coefficient (Wildman–Crippen LogP) is 4.92. The largest absolute Gasteiger partial charge is 0.481 e. The van der Waals surface area contributed by atoms with Crippen LogP contribution in [0.1, 0.15) is 37.3 Å². The van der Waals surface area contributed by atoms with Crippen LogP contribution in [0.2, 0.25) is 0 Å². The molecule has 0 aliphatic heterocycles. The third-order valence-electron chi connectivity index (χ3n) is 5.14. The van der Waals surface area contributed by atoms with Gasteiger partial charge in [-0.2, -0.15) is 0 Å². The lowest BCUT2D eigenvalue weighted by molar-refractivity contribution is -0.145. The van der Waals surface area contributed by atoms with Gasteiger partial charge in [0.25, 0.3) is 5.89 Å². The molecule has 1 aromatic carbocycles. The summed E-state index contributed by atoms with van der Waals surface area (Å²) in [6.45, 7) is 7.57. The third-order valence-corrected chi connectivity index (χ3v) is 5.14. The van der Waals surface area contributed by atoms with Crippen LogP contribution in [0.4, 0.5) is 0 Å². The van der Waals surface area contributed by atoms with E-state index < -0.39 is 11.4 Å². The summed E-state index contributed by atoms with van der Waals surface area (Å²) in [5.41, 5.74) is 3.63. The summed E-state index contributed by atoms with van der Waals surface area (Å²) in [7, 11) is 0. The summed E-state index contributed by atoms with van der Waals surface area (Å²) in [6, 6.07) is 5.98. The zero-order valence-electron chi connectivity index (χ0n) is 15.7. The van der Waals surface area contributed by atoms with Crippen LogP contribution in [0.3, 0.4) is 0 Å². The number of aliphatic carboxylic acids is 1. The van der Waals surface area contributed by atoms with Crippen molar-refractivity contribution in [3.05, 3.63) is 52.9 Å². The molecule has 0 bridgehead atoms. The number of hydrogen-bond donors (Lipinski definition) is 1. The Kier molecular flexibility index (Phi) is 3.80. The van der Waals surface area contributed by atoms with Crippen molar-refractivity contribution in [3.63, 3.8) is 0 Å². The Bertz CT molecular complexity index is 1090. The Morgan fingerprint density at radius 2 is 1.81 bits per heavy atom. The van der Waals surface area contributed by atoms with E-state index in [4.69, 9.17) is 8.83 Å². The number of allylic oxidation sites excluding steroid dienone is 3. The molecule has 2 aromatic heterocycles. The molecule has 6 nitrogen and oxygen atoms in total. The SMILES string of the molecule is CC1=CC(C)(C(=O)O)CC=C1c1nnc(-c2cc3c(C)ccc(C)c3o2)o1. The van der Waals surface area contributed by atoms with Gasteiger partial charge in [0.05, 0.1) is 5.41 Å². The number of hydrogen-bond acceptors (Lipinski definition) is 5. The highest BCUT2D eigenvalue weighted by molar-refractivity contribution is 5.87. The first-order chi connectivity index (χ1) is 12.8. The molecule has 1 atom stereocenters. The van der Waals surface area contributed by atoms with Crippen molar-refractivity contribution in [2.45, 2.75) is 34.1 Å². The van der Waals surface area contributed by atoms with Gasteiger partial charge in [-0.05, 0) is 56.9 Å². The van der Waals surface area contributed by atoms with Crippen LogP contribution < -0.4 is 0 Å². The number of furan rings is 1. The molecule has 0 saturated heterocycles. The Hall–Kier alpha value is -3.15. The molecule has 0 saturated carbocycles. The minimum absolute atomic E-state index is 0.306. The molecule has 1 aliphatic carbocycles. The summed E-state index contributed by atoms with van der Waals surface area (Å²) in [5.74, 6) is 0.339. The van der Waals surface area contributed by atoms with Gasteiger partial charge in [0.15, 0.2) is 5.76 Å². The van der Waals surface area contributed by atoms with Gasteiger partial charge in [0, 0.05) is 11.0 Å². The predicted molar refractivity (Wildman–Crippen MR) is 101 cm³/mol. The molecule has 6 heteroatoms. The average molecular weight is 364 g/mol. The normalized spacial score (nSPS) is 19.9. The number of carbonyl (C=O) groups is 1. The van der Waals surface area contributed by atoms with Crippen molar-refractivity contribution in [1.29, 1.82) is 0 Å². The Morgan fingerprint density at radius 3 is 2.48 bits per heavy atom. The van der Waals surface area contributed by atoms with Crippen molar-refractivity contribution in [3.8, 4) is 11.7 Å². The highest BCUT2D eigenvalue weighted by Crippen LogP contribution is 2.38. The maximum Gasteiger partial charge on any atom is 0.313 e. The molecule has 0 spiro atoms. The third kappa shape index (κ3) is 2.77. The fourth-order valence-corrected chi connectivity index (χ4v) is 3.42. The van der Waals surface area contributed by atoms with Gasteiger partial charge >= 0.3 is 5.97 Å². The zero-order valence-corrected chi connectivity index (χ0v) is 15.7. The van der Waals surface area contributed by atoms with Gasteiger partial charge < -0.3 is 13.9 Å². The fourth-order valence-electron chi connectivity index (χ4n) is 3.42. The maximum atomic E-state index is 11.5. The molecule has 1 aliphatic rings. The number of rotatable bonds is 3. The van der Waals surface area contributed by atoms with Gasteiger partial charge in [-0.3, -0.25) is 4.79 Å². The summed E-state index contributed by atoms with van der Waals surface area (Å²) in [6.07, 6.45) is 3.95. The van der Waals surface area contributed by atoms with Crippen LogP contribution in [0, 0.1) is 19.3 Å². The van der Waals surface area contributed by atoms with Crippen molar-refractivity contribution in [2.75, 3.05) is 0 Å². The molecule has 4 rings (SSSR count). The number of nitrogens with zero attached hydrogens (tertiary/aromatic N) is 2. The van der Waals surface area contributed by atoms with Crippen molar-refractivity contribution in [1.82, 2.24) is 10.2 Å². The number of benzene rings is 1. The standard InChI is InChI=1S/C21H20N2O4/c1-11-5-6-12(2)17-15(11)9-16(26-17)19-23-22-18(27-19)14-7-8-21(4,20(24)25)10-13(14)3/h5-7,9-10H,8H2,1-4H3,(H,24,25). The minimum Gasteiger partial charge on any atom is -0.481 e. The minimum atomic E-state index is -0.912. The number of carboxylic acids is 1. The molecule has 0 radical (unpaired) electrons. The van der Waals surface area contributed by atoms with E-state index in [0.717, 1.165) is 33.2 Å². The second kappa shape index (κ2) is 5.94. The van der Waals surface area contributed by atoms with E-state index in [0.29, 0.717) is 24.0 Å². The number of fused-ring (bicyclic) bond motifs is 1. The van der Waals surface area contributed by atoms with Crippen molar-refractivity contribution < 1.29 is 18.7 Å². The van der Waals surface area contributed by atoms with E-state index in [1.54, 1.807) is 13.0 Å². The van der Waals surface area contributed by atoms with Gasteiger partial charge in [0.1, 0.15) is 5.58 Å². The van der Waals surface area contributed by atoms with Crippen LogP contribution >= 0.6 is 0 Å². The van der Waals surface area contributed by atoms with E-state index in [-0.39, 0.29) is 0 Å². The lowest BCUT2D eigenvalue weighted by Gasteiger charge is -2.24. The maximum absolute atomic E-state index is 11.5. The van der Waals surface area contributed by atoms with Crippen LogP contribution in [0.5, 0.6) is 0 Å². The highest BCUT2D eigenvalue weighted by atomic mass is 16.4. The second-order valence-corrected chi connectivity index (χ2v) is 7.34. The van der Waals surface area contributed by atoms with Gasteiger partial charge in [-0.15, -0.1) is 10.2 Å². The molecule has 27 heavy (non-hydrogen) atoms. The second-order valence-electron chi connectivity index (χ2n) is 7.34. The summed E-state index contributed by atoms with van der Waals surface area (Å²) in [4.78, 5) is 11.5. The van der Waals surface area contributed by atoms with Gasteiger partial charge in [-0.25, -0.2) is 0 Å². The Labute approximate surface area is 156 Å². The molecule has 2 heterocycles. The fraction of sp³-hybridized carbons (Fsp3) is 0.286. The van der Waals surface area contributed by atoms with Gasteiger partial charge in [-0.1, -0.05) is 24.3 Å².